The molecule has 0 aliphatic carbocycles. The number of allylic oxidation sites excluding steroid dienone is 1. The summed E-state index contributed by atoms with van der Waals surface area (Å²) in [7, 11) is 1.26. The molecule has 0 amide bonds. The average Bonchev–Trinajstić information content (AvgIpc) is 2.64. The van der Waals surface area contributed by atoms with Crippen LogP contribution in [0.3, 0.4) is 0 Å². The number of aromatic hydroxyl groups is 1. The van der Waals surface area contributed by atoms with E-state index < -0.39 is 5.97 Å². The molecule has 0 fully saturated rings. The number of methoxy groups -OCH3 is 1. The lowest BCUT2D eigenvalue weighted by Crippen LogP contribution is -2.12. The summed E-state index contributed by atoms with van der Waals surface area (Å²) in [6.07, 6.45) is 1.96. The molecule has 0 unspecified atom stereocenters. The Morgan fingerprint density at radius 3 is 2.21 bits per heavy atom. The number of hydrogen-bond donors (Lipinski definition) is 1. The van der Waals surface area contributed by atoms with Gasteiger partial charge in [0.15, 0.2) is 5.78 Å². The topological polar surface area (TPSA) is 63.6 Å². The van der Waals surface area contributed by atoms with Gasteiger partial charge in [0.05, 0.1) is 12.7 Å². The van der Waals surface area contributed by atoms with Gasteiger partial charge in [-0.1, -0.05) is 50.3 Å². The number of ether oxygens (including phenoxy) is 1. The molecule has 2 aromatic rings. The van der Waals surface area contributed by atoms with Crippen molar-refractivity contribution in [1.29, 1.82) is 0 Å². The summed E-state index contributed by atoms with van der Waals surface area (Å²) in [6.45, 7) is 7.63. The largest absolute Gasteiger partial charge is 0.508 e. The van der Waals surface area contributed by atoms with E-state index in [0.29, 0.717) is 17.5 Å². The first-order chi connectivity index (χ1) is 11.6. The second-order valence-corrected chi connectivity index (χ2v) is 4.66. The van der Waals surface area contributed by atoms with Crippen LogP contribution in [-0.4, -0.2) is 24.0 Å². The Labute approximate surface area is 142 Å². The van der Waals surface area contributed by atoms with Crippen LogP contribution >= 0.6 is 0 Å². The maximum Gasteiger partial charge on any atom is 0.338 e. The summed E-state index contributed by atoms with van der Waals surface area (Å²) >= 11 is 0. The van der Waals surface area contributed by atoms with Gasteiger partial charge in [0.2, 0.25) is 0 Å². The van der Waals surface area contributed by atoms with Crippen LogP contribution in [0.5, 0.6) is 5.75 Å². The lowest BCUT2D eigenvalue weighted by atomic mass is 9.93. The van der Waals surface area contributed by atoms with Crippen molar-refractivity contribution in [2.75, 3.05) is 7.11 Å². The van der Waals surface area contributed by atoms with Crippen molar-refractivity contribution in [3.05, 3.63) is 77.4 Å². The van der Waals surface area contributed by atoms with Crippen LogP contribution in [0.2, 0.25) is 0 Å². The normalized spacial score (nSPS) is 9.46. The van der Waals surface area contributed by atoms with Gasteiger partial charge in [-0.05, 0) is 18.6 Å². The second kappa shape index (κ2) is 9.30. The molecule has 126 valence electrons. The quantitative estimate of drug-likeness (QED) is 0.509. The fraction of sp³-hybridized carbons (Fsp3) is 0.200. The number of phenols is 1. The number of hydrogen-bond acceptors (Lipinski definition) is 4. The Hall–Kier alpha value is -2.88. The second-order valence-electron chi connectivity index (χ2n) is 4.66. The van der Waals surface area contributed by atoms with E-state index in [1.165, 1.54) is 19.2 Å². The van der Waals surface area contributed by atoms with E-state index in [2.05, 4.69) is 6.58 Å². The van der Waals surface area contributed by atoms with Crippen LogP contribution in [0.25, 0.3) is 0 Å². The molecule has 0 atom stereocenters. The molecule has 0 spiro atoms. The van der Waals surface area contributed by atoms with Gasteiger partial charge in [-0.15, -0.1) is 6.58 Å². The van der Waals surface area contributed by atoms with Crippen molar-refractivity contribution in [2.45, 2.75) is 20.3 Å². The zero-order chi connectivity index (χ0) is 18.1. The highest BCUT2D eigenvalue weighted by atomic mass is 16.5. The average molecular weight is 326 g/mol. The first-order valence-corrected chi connectivity index (χ1v) is 7.74. The number of benzene rings is 2. The number of phenolic OH excluding ortho intramolecular Hbond substituents is 1. The van der Waals surface area contributed by atoms with Crippen molar-refractivity contribution < 1.29 is 19.4 Å². The number of carbonyl (C=O) groups excluding carboxylic acids is 2. The van der Waals surface area contributed by atoms with Crippen LogP contribution in [-0.2, 0) is 11.2 Å². The predicted octanol–water partition coefficient (Wildman–Crippen LogP) is 4.16. The van der Waals surface area contributed by atoms with Crippen molar-refractivity contribution in [1.82, 2.24) is 0 Å². The summed E-state index contributed by atoms with van der Waals surface area (Å²) in [4.78, 5) is 24.6. The third-order valence-electron chi connectivity index (χ3n) is 3.32. The molecule has 4 heteroatoms. The van der Waals surface area contributed by atoms with Gasteiger partial charge in [-0.25, -0.2) is 4.79 Å². The fourth-order valence-electron chi connectivity index (χ4n) is 2.26. The van der Waals surface area contributed by atoms with Gasteiger partial charge in [-0.2, -0.15) is 0 Å². The molecule has 4 nitrogen and oxygen atoms in total. The van der Waals surface area contributed by atoms with Crippen LogP contribution < -0.4 is 0 Å². The molecule has 2 aromatic carbocycles. The molecule has 0 saturated heterocycles. The van der Waals surface area contributed by atoms with Gasteiger partial charge in [-0.3, -0.25) is 4.79 Å². The van der Waals surface area contributed by atoms with E-state index in [0.717, 1.165) is 0 Å². The van der Waals surface area contributed by atoms with E-state index in [-0.39, 0.29) is 22.7 Å². The summed E-state index contributed by atoms with van der Waals surface area (Å²) < 4.78 is 4.71. The Kier molecular flexibility index (Phi) is 7.43. The predicted molar refractivity (Wildman–Crippen MR) is 94.6 cm³/mol. The van der Waals surface area contributed by atoms with Crippen molar-refractivity contribution in [2.24, 2.45) is 0 Å². The zero-order valence-electron chi connectivity index (χ0n) is 14.2. The highest BCUT2D eigenvalue weighted by molar-refractivity contribution is 6.15. The molecule has 0 heterocycles. The monoisotopic (exact) mass is 326 g/mol. The van der Waals surface area contributed by atoms with Crippen LogP contribution in [0.4, 0.5) is 0 Å². The standard InChI is InChI=1S/C18H16O4.C2H6/c1-3-7-12-13(10-6-11-16(12)19)17(20)14-8-4-5-9-15(14)18(21)22-2;1-2/h3-6,8-11,19H,1,7H2,2H3;1-2H3. The molecule has 0 saturated carbocycles. The van der Waals surface area contributed by atoms with Crippen molar-refractivity contribution in [3.63, 3.8) is 0 Å². The Bertz CT molecular complexity index is 732. The Morgan fingerprint density at radius 1 is 1.04 bits per heavy atom. The summed E-state index contributed by atoms with van der Waals surface area (Å²) in [6, 6.07) is 11.2. The highest BCUT2D eigenvalue weighted by Gasteiger charge is 2.21. The third-order valence-corrected chi connectivity index (χ3v) is 3.32. The van der Waals surface area contributed by atoms with E-state index in [1.807, 2.05) is 13.8 Å². The van der Waals surface area contributed by atoms with Crippen LogP contribution in [0, 0.1) is 0 Å². The van der Waals surface area contributed by atoms with Gasteiger partial charge in [0, 0.05) is 16.7 Å². The molecule has 0 radical (unpaired) electrons. The minimum Gasteiger partial charge on any atom is -0.508 e. The van der Waals surface area contributed by atoms with Gasteiger partial charge in [0.1, 0.15) is 5.75 Å². The fourth-order valence-corrected chi connectivity index (χ4v) is 2.26. The SMILES string of the molecule is C=CCc1c(O)cccc1C(=O)c1ccccc1C(=O)OC.CC. The van der Waals surface area contributed by atoms with Crippen LogP contribution in [0.1, 0.15) is 45.7 Å². The van der Waals surface area contributed by atoms with E-state index in [9.17, 15) is 14.7 Å². The number of esters is 1. The van der Waals surface area contributed by atoms with E-state index >= 15 is 0 Å². The molecule has 0 aromatic heterocycles. The molecule has 0 aliphatic rings. The number of ketones is 1. The van der Waals surface area contributed by atoms with E-state index in [1.54, 1.807) is 36.4 Å². The highest BCUT2D eigenvalue weighted by Crippen LogP contribution is 2.25. The van der Waals surface area contributed by atoms with Gasteiger partial charge >= 0.3 is 5.97 Å². The van der Waals surface area contributed by atoms with Crippen molar-refractivity contribution >= 4 is 11.8 Å². The first-order valence-electron chi connectivity index (χ1n) is 7.74. The lowest BCUT2D eigenvalue weighted by molar-refractivity contribution is 0.0597. The zero-order valence-corrected chi connectivity index (χ0v) is 14.2. The van der Waals surface area contributed by atoms with Crippen molar-refractivity contribution in [3.8, 4) is 5.75 Å². The maximum absolute atomic E-state index is 12.8. The molecule has 0 aliphatic heterocycles. The minimum absolute atomic E-state index is 0.0290. The van der Waals surface area contributed by atoms with Crippen LogP contribution in [0.15, 0.2) is 55.1 Å². The summed E-state index contributed by atoms with van der Waals surface area (Å²) in [5.41, 5.74) is 1.27. The molecule has 0 bridgehead atoms. The maximum atomic E-state index is 12.8. The Balaban J connectivity index is 0.00000139. The number of rotatable bonds is 5. The minimum atomic E-state index is -0.575. The smallest absolute Gasteiger partial charge is 0.338 e. The lowest BCUT2D eigenvalue weighted by Gasteiger charge is -2.11. The van der Waals surface area contributed by atoms with Gasteiger partial charge in [0.25, 0.3) is 0 Å². The summed E-state index contributed by atoms with van der Waals surface area (Å²) in [5.74, 6) is -0.885. The Morgan fingerprint density at radius 2 is 1.62 bits per heavy atom. The molecular weight excluding hydrogens is 304 g/mol. The molecule has 1 N–H and O–H groups in total. The molecule has 24 heavy (non-hydrogen) atoms. The number of carbonyl (C=O) groups is 2. The molecule has 2 rings (SSSR count). The summed E-state index contributed by atoms with van der Waals surface area (Å²) in [5, 5.41) is 9.95. The molecular formula is C20H22O4. The third kappa shape index (κ3) is 4.10. The first kappa shape index (κ1) is 19.2. The van der Waals surface area contributed by atoms with Gasteiger partial charge < -0.3 is 9.84 Å². The van der Waals surface area contributed by atoms with E-state index in [4.69, 9.17) is 4.74 Å².